The Hall–Kier alpha value is -3.11. The normalized spacial score (nSPS) is 11.3. The highest BCUT2D eigenvalue weighted by molar-refractivity contribution is 6.30. The van der Waals surface area contributed by atoms with Crippen LogP contribution in [0.5, 0.6) is 5.88 Å². The summed E-state index contributed by atoms with van der Waals surface area (Å²) >= 11 is 6.02. The Bertz CT molecular complexity index is 1070. The molecule has 4 rings (SSSR count). The van der Waals surface area contributed by atoms with Gasteiger partial charge in [0.15, 0.2) is 5.65 Å². The monoisotopic (exact) mass is 375 g/mol. The summed E-state index contributed by atoms with van der Waals surface area (Å²) < 4.78 is 7.60. The molecule has 4 aromatic rings. The van der Waals surface area contributed by atoms with Crippen molar-refractivity contribution in [3.8, 4) is 5.88 Å². The standard InChI is InChI=1S/C22H18ClN3O/c23-19-8-4-7-18(15-19)13-14-27-22-12-11-21-24-16-20(26(21)25-22)10-9-17-5-2-1-3-6-17/h1-12,15-16H,13-14H2. The molecule has 0 fully saturated rings. The lowest BCUT2D eigenvalue weighted by Gasteiger charge is -2.06. The lowest BCUT2D eigenvalue weighted by Crippen LogP contribution is -2.05. The lowest BCUT2D eigenvalue weighted by atomic mass is 10.2. The highest BCUT2D eigenvalue weighted by atomic mass is 35.5. The molecule has 2 heterocycles. The van der Waals surface area contributed by atoms with E-state index in [9.17, 15) is 0 Å². The molecule has 0 amide bonds. The van der Waals surface area contributed by atoms with Crippen molar-refractivity contribution in [1.82, 2.24) is 14.6 Å². The molecule has 0 spiro atoms. The van der Waals surface area contributed by atoms with E-state index in [-0.39, 0.29) is 0 Å². The molecule has 4 nitrogen and oxygen atoms in total. The first kappa shape index (κ1) is 17.3. The number of fused-ring (bicyclic) bond motifs is 1. The van der Waals surface area contributed by atoms with Crippen LogP contribution in [0.25, 0.3) is 17.8 Å². The van der Waals surface area contributed by atoms with Crippen molar-refractivity contribution in [2.45, 2.75) is 6.42 Å². The van der Waals surface area contributed by atoms with Gasteiger partial charge in [-0.1, -0.05) is 60.1 Å². The fraction of sp³-hybridized carbons (Fsp3) is 0.0909. The topological polar surface area (TPSA) is 39.4 Å². The molecule has 134 valence electrons. The second kappa shape index (κ2) is 8.06. The van der Waals surface area contributed by atoms with Crippen molar-refractivity contribution < 1.29 is 4.74 Å². The van der Waals surface area contributed by atoms with Gasteiger partial charge in [0, 0.05) is 17.5 Å². The number of hydrogen-bond acceptors (Lipinski definition) is 3. The minimum atomic E-state index is 0.530. The molecule has 0 aliphatic heterocycles. The van der Waals surface area contributed by atoms with E-state index < -0.39 is 0 Å². The maximum atomic E-state index is 6.02. The molecule has 5 heteroatoms. The molecule has 2 aromatic heterocycles. The lowest BCUT2D eigenvalue weighted by molar-refractivity contribution is 0.304. The SMILES string of the molecule is Clc1cccc(CCOc2ccc3ncc(C=Cc4ccccc4)n3n2)c1. The van der Waals surface area contributed by atoms with E-state index in [0.717, 1.165) is 33.9 Å². The van der Waals surface area contributed by atoms with E-state index >= 15 is 0 Å². The van der Waals surface area contributed by atoms with Gasteiger partial charge in [0.05, 0.1) is 18.5 Å². The summed E-state index contributed by atoms with van der Waals surface area (Å²) in [6.07, 6.45) is 6.61. The molecular formula is C22H18ClN3O. The Labute approximate surface area is 162 Å². The summed E-state index contributed by atoms with van der Waals surface area (Å²) in [6, 6.07) is 21.7. The van der Waals surface area contributed by atoms with E-state index in [1.165, 1.54) is 0 Å². The van der Waals surface area contributed by atoms with Crippen LogP contribution >= 0.6 is 11.6 Å². The second-order valence-corrected chi connectivity index (χ2v) is 6.53. The van der Waals surface area contributed by atoms with Crippen molar-refractivity contribution in [3.63, 3.8) is 0 Å². The molecule has 0 aliphatic rings. The van der Waals surface area contributed by atoms with Crippen LogP contribution in [0.4, 0.5) is 0 Å². The summed E-state index contributed by atoms with van der Waals surface area (Å²) in [5.74, 6) is 0.567. The van der Waals surface area contributed by atoms with Crippen molar-refractivity contribution in [3.05, 3.63) is 94.8 Å². The maximum Gasteiger partial charge on any atom is 0.231 e. The van der Waals surface area contributed by atoms with Crippen molar-refractivity contribution >= 4 is 29.4 Å². The minimum absolute atomic E-state index is 0.530. The number of benzene rings is 2. The third-order valence-electron chi connectivity index (χ3n) is 4.14. The molecular weight excluding hydrogens is 358 g/mol. The Morgan fingerprint density at radius 1 is 0.963 bits per heavy atom. The van der Waals surface area contributed by atoms with Gasteiger partial charge in [-0.2, -0.15) is 0 Å². The molecule has 2 aromatic carbocycles. The highest BCUT2D eigenvalue weighted by Crippen LogP contribution is 2.15. The molecule has 0 saturated heterocycles. The second-order valence-electron chi connectivity index (χ2n) is 6.10. The minimum Gasteiger partial charge on any atom is -0.476 e. The van der Waals surface area contributed by atoms with E-state index in [1.807, 2.05) is 66.7 Å². The molecule has 0 N–H and O–H groups in total. The highest BCUT2D eigenvalue weighted by Gasteiger charge is 2.05. The van der Waals surface area contributed by atoms with Crippen LogP contribution in [0.3, 0.4) is 0 Å². The van der Waals surface area contributed by atoms with E-state index in [4.69, 9.17) is 16.3 Å². The molecule has 0 aliphatic carbocycles. The smallest absolute Gasteiger partial charge is 0.231 e. The van der Waals surface area contributed by atoms with Crippen LogP contribution < -0.4 is 4.74 Å². The maximum absolute atomic E-state index is 6.02. The largest absolute Gasteiger partial charge is 0.476 e. The first-order valence-corrected chi connectivity index (χ1v) is 9.11. The predicted octanol–water partition coefficient (Wildman–Crippen LogP) is 5.17. The van der Waals surface area contributed by atoms with Gasteiger partial charge in [0.25, 0.3) is 0 Å². The van der Waals surface area contributed by atoms with Crippen molar-refractivity contribution in [2.24, 2.45) is 0 Å². The Morgan fingerprint density at radius 3 is 2.70 bits per heavy atom. The van der Waals surface area contributed by atoms with Gasteiger partial charge >= 0.3 is 0 Å². The van der Waals surface area contributed by atoms with Gasteiger partial charge < -0.3 is 4.74 Å². The molecule has 0 radical (unpaired) electrons. The van der Waals surface area contributed by atoms with Gasteiger partial charge in [-0.05, 0) is 35.4 Å². The van der Waals surface area contributed by atoms with Gasteiger partial charge in [0.2, 0.25) is 5.88 Å². The summed E-state index contributed by atoms with van der Waals surface area (Å²) in [7, 11) is 0. The Kier molecular flexibility index (Phi) is 5.17. The fourth-order valence-electron chi connectivity index (χ4n) is 2.78. The van der Waals surface area contributed by atoms with Crippen molar-refractivity contribution in [1.29, 1.82) is 0 Å². The zero-order valence-electron chi connectivity index (χ0n) is 14.6. The fourth-order valence-corrected chi connectivity index (χ4v) is 2.99. The van der Waals surface area contributed by atoms with Crippen LogP contribution in [0.2, 0.25) is 5.02 Å². The van der Waals surface area contributed by atoms with Crippen LogP contribution in [-0.4, -0.2) is 21.2 Å². The molecule has 0 unspecified atom stereocenters. The molecule has 27 heavy (non-hydrogen) atoms. The van der Waals surface area contributed by atoms with Crippen LogP contribution in [0, 0.1) is 0 Å². The number of hydrogen-bond donors (Lipinski definition) is 0. The van der Waals surface area contributed by atoms with Crippen LogP contribution in [0.15, 0.2) is 72.9 Å². The van der Waals surface area contributed by atoms with Gasteiger partial charge in [-0.15, -0.1) is 5.10 Å². The average molecular weight is 376 g/mol. The average Bonchev–Trinajstić information content (AvgIpc) is 3.10. The van der Waals surface area contributed by atoms with E-state index in [2.05, 4.69) is 22.2 Å². The third kappa shape index (κ3) is 4.36. The Balaban J connectivity index is 1.47. The summed E-state index contributed by atoms with van der Waals surface area (Å²) in [6.45, 7) is 0.530. The Morgan fingerprint density at radius 2 is 1.85 bits per heavy atom. The zero-order chi connectivity index (χ0) is 18.5. The number of halogens is 1. The first-order valence-electron chi connectivity index (χ1n) is 8.73. The van der Waals surface area contributed by atoms with Crippen LogP contribution in [0.1, 0.15) is 16.8 Å². The number of rotatable bonds is 6. The van der Waals surface area contributed by atoms with Crippen LogP contribution in [-0.2, 0) is 6.42 Å². The quantitative estimate of drug-likeness (QED) is 0.466. The third-order valence-corrected chi connectivity index (χ3v) is 4.38. The molecule has 0 saturated carbocycles. The number of ether oxygens (including phenoxy) is 1. The van der Waals surface area contributed by atoms with Crippen molar-refractivity contribution in [2.75, 3.05) is 6.61 Å². The molecule has 0 bridgehead atoms. The van der Waals surface area contributed by atoms with E-state index in [0.29, 0.717) is 12.5 Å². The number of aromatic nitrogens is 3. The van der Waals surface area contributed by atoms with E-state index in [1.54, 1.807) is 10.7 Å². The first-order chi connectivity index (χ1) is 13.3. The number of nitrogens with zero attached hydrogens (tertiary/aromatic N) is 3. The summed E-state index contributed by atoms with van der Waals surface area (Å²) in [5.41, 5.74) is 3.94. The van der Waals surface area contributed by atoms with Gasteiger partial charge in [-0.3, -0.25) is 0 Å². The summed E-state index contributed by atoms with van der Waals surface area (Å²) in [4.78, 5) is 4.39. The zero-order valence-corrected chi connectivity index (χ0v) is 15.4. The molecule has 0 atom stereocenters. The van der Waals surface area contributed by atoms with Gasteiger partial charge in [-0.25, -0.2) is 9.50 Å². The predicted molar refractivity (Wildman–Crippen MR) is 109 cm³/mol. The number of imidazole rings is 1. The summed E-state index contributed by atoms with van der Waals surface area (Å²) in [5, 5.41) is 5.29. The van der Waals surface area contributed by atoms with Gasteiger partial charge in [0.1, 0.15) is 0 Å².